The van der Waals surface area contributed by atoms with E-state index in [1.165, 1.54) is 0 Å². The summed E-state index contributed by atoms with van der Waals surface area (Å²) in [6.45, 7) is 4.39. The minimum atomic E-state index is -0.262. The van der Waals surface area contributed by atoms with Gasteiger partial charge in [0.15, 0.2) is 5.82 Å². The van der Waals surface area contributed by atoms with Crippen LogP contribution < -0.4 is 0 Å². The van der Waals surface area contributed by atoms with E-state index >= 15 is 0 Å². The maximum atomic E-state index is 5.03. The van der Waals surface area contributed by atoms with Crippen LogP contribution in [0.25, 0.3) is 33.8 Å². The first-order valence-corrected chi connectivity index (χ1v) is 9.15. The lowest BCUT2D eigenvalue weighted by Crippen LogP contribution is -2.19. The van der Waals surface area contributed by atoms with Gasteiger partial charge in [-0.1, -0.05) is 66.7 Å². The molecule has 0 amide bonds. The number of pyridine rings is 1. The van der Waals surface area contributed by atoms with Gasteiger partial charge in [0.05, 0.1) is 22.5 Å². The Balaban J connectivity index is 1.65. The zero-order valence-electron chi connectivity index (χ0n) is 15.3. The van der Waals surface area contributed by atoms with E-state index in [4.69, 9.17) is 9.97 Å². The van der Waals surface area contributed by atoms with Gasteiger partial charge in [0.1, 0.15) is 0 Å². The third-order valence-corrected chi connectivity index (χ3v) is 5.26. The van der Waals surface area contributed by atoms with Crippen LogP contribution in [0.3, 0.4) is 0 Å². The Hall–Kier alpha value is -3.33. The molecule has 27 heavy (non-hydrogen) atoms. The van der Waals surface area contributed by atoms with Crippen LogP contribution in [0.15, 0.2) is 79.0 Å². The fraction of sp³-hybridized carbons (Fsp3) is 0.125. The highest BCUT2D eigenvalue weighted by Crippen LogP contribution is 2.47. The lowest BCUT2D eigenvalue weighted by Gasteiger charge is -2.20. The Kier molecular flexibility index (Phi) is 3.44. The standard InChI is InChI=1S/C24H19N3/c1-24(2)21-18(13-14-20(26-21)16-9-5-3-6-10-16)19-15-25-23(27-22(19)24)17-11-7-4-8-12-17/h3-15H,1-2H3. The molecule has 3 heteroatoms. The summed E-state index contributed by atoms with van der Waals surface area (Å²) in [5.74, 6) is 0.763. The molecule has 2 heterocycles. The molecule has 5 rings (SSSR count). The van der Waals surface area contributed by atoms with Crippen molar-refractivity contribution < 1.29 is 0 Å². The van der Waals surface area contributed by atoms with Crippen LogP contribution in [0.1, 0.15) is 25.2 Å². The first kappa shape index (κ1) is 15.9. The number of hydrogen-bond acceptors (Lipinski definition) is 3. The maximum Gasteiger partial charge on any atom is 0.159 e. The van der Waals surface area contributed by atoms with Gasteiger partial charge in [-0.3, -0.25) is 4.98 Å². The van der Waals surface area contributed by atoms with Crippen molar-refractivity contribution in [1.82, 2.24) is 15.0 Å². The summed E-state index contributed by atoms with van der Waals surface area (Å²) in [7, 11) is 0. The van der Waals surface area contributed by atoms with Gasteiger partial charge in [-0.25, -0.2) is 9.97 Å². The van der Waals surface area contributed by atoms with Crippen molar-refractivity contribution in [3.8, 4) is 33.8 Å². The second-order valence-corrected chi connectivity index (χ2v) is 7.41. The second kappa shape index (κ2) is 5.85. The molecule has 0 spiro atoms. The van der Waals surface area contributed by atoms with E-state index in [9.17, 15) is 0 Å². The van der Waals surface area contributed by atoms with Crippen molar-refractivity contribution >= 4 is 0 Å². The predicted octanol–water partition coefficient (Wildman–Crippen LogP) is 5.51. The molecule has 1 aliphatic carbocycles. The van der Waals surface area contributed by atoms with Gasteiger partial charge in [-0.15, -0.1) is 0 Å². The van der Waals surface area contributed by atoms with Gasteiger partial charge in [-0.2, -0.15) is 0 Å². The van der Waals surface area contributed by atoms with Crippen LogP contribution in [0, 0.1) is 0 Å². The molecular weight excluding hydrogens is 330 g/mol. The Morgan fingerprint density at radius 3 is 1.96 bits per heavy atom. The molecule has 0 fully saturated rings. The number of rotatable bonds is 2. The van der Waals surface area contributed by atoms with Crippen LogP contribution in [-0.4, -0.2) is 15.0 Å². The summed E-state index contributed by atoms with van der Waals surface area (Å²) in [4.78, 5) is 14.6. The summed E-state index contributed by atoms with van der Waals surface area (Å²) in [6.07, 6.45) is 1.95. The minimum absolute atomic E-state index is 0.262. The average molecular weight is 349 g/mol. The Morgan fingerprint density at radius 2 is 1.26 bits per heavy atom. The molecule has 4 aromatic rings. The third-order valence-electron chi connectivity index (χ3n) is 5.26. The first-order valence-electron chi connectivity index (χ1n) is 9.15. The molecule has 0 radical (unpaired) electrons. The largest absolute Gasteiger partial charge is 0.251 e. The number of fused-ring (bicyclic) bond motifs is 3. The molecule has 0 unspecified atom stereocenters. The Labute approximate surface area is 158 Å². The Bertz CT molecular complexity index is 1040. The molecule has 0 aliphatic heterocycles. The third kappa shape index (κ3) is 2.47. The molecule has 0 saturated carbocycles. The fourth-order valence-electron chi connectivity index (χ4n) is 3.82. The van der Waals surface area contributed by atoms with Crippen molar-refractivity contribution in [1.29, 1.82) is 0 Å². The second-order valence-electron chi connectivity index (χ2n) is 7.41. The van der Waals surface area contributed by atoms with E-state index < -0.39 is 0 Å². The van der Waals surface area contributed by atoms with Crippen LogP contribution >= 0.6 is 0 Å². The molecule has 0 saturated heterocycles. The van der Waals surface area contributed by atoms with E-state index in [1.807, 2.05) is 54.7 Å². The number of nitrogens with zero attached hydrogens (tertiary/aromatic N) is 3. The molecule has 1 aliphatic rings. The van der Waals surface area contributed by atoms with Crippen LogP contribution in [0.2, 0.25) is 0 Å². The predicted molar refractivity (Wildman–Crippen MR) is 108 cm³/mol. The zero-order valence-corrected chi connectivity index (χ0v) is 15.3. The summed E-state index contributed by atoms with van der Waals surface area (Å²) in [5.41, 5.74) is 7.22. The SMILES string of the molecule is CC1(C)c2nc(-c3ccccc3)ccc2-c2cnc(-c3ccccc3)nc21. The van der Waals surface area contributed by atoms with Crippen molar-refractivity contribution in [2.75, 3.05) is 0 Å². The van der Waals surface area contributed by atoms with Crippen LogP contribution in [0.4, 0.5) is 0 Å². The van der Waals surface area contributed by atoms with Gasteiger partial charge >= 0.3 is 0 Å². The summed E-state index contributed by atoms with van der Waals surface area (Å²) in [6, 6.07) is 24.7. The van der Waals surface area contributed by atoms with Gasteiger partial charge < -0.3 is 0 Å². The molecule has 130 valence electrons. The lowest BCUT2D eigenvalue weighted by molar-refractivity contribution is 0.616. The highest BCUT2D eigenvalue weighted by Gasteiger charge is 2.39. The zero-order chi connectivity index (χ0) is 18.4. The Morgan fingerprint density at radius 1 is 0.630 bits per heavy atom. The molecule has 0 N–H and O–H groups in total. The molecule has 2 aromatic carbocycles. The number of aromatic nitrogens is 3. The topological polar surface area (TPSA) is 38.7 Å². The fourth-order valence-corrected chi connectivity index (χ4v) is 3.82. The normalized spacial score (nSPS) is 13.9. The van der Waals surface area contributed by atoms with E-state index in [0.717, 1.165) is 45.2 Å². The van der Waals surface area contributed by atoms with Crippen molar-refractivity contribution in [2.24, 2.45) is 0 Å². The van der Waals surface area contributed by atoms with Gasteiger partial charge in [0.25, 0.3) is 0 Å². The molecule has 0 bridgehead atoms. The summed E-state index contributed by atoms with van der Waals surface area (Å²) >= 11 is 0. The number of benzene rings is 2. The highest BCUT2D eigenvalue weighted by atomic mass is 14.9. The number of hydrogen-bond donors (Lipinski definition) is 0. The molecule has 2 aromatic heterocycles. The van der Waals surface area contributed by atoms with Crippen molar-refractivity contribution in [2.45, 2.75) is 19.3 Å². The van der Waals surface area contributed by atoms with Gasteiger partial charge in [0.2, 0.25) is 0 Å². The minimum Gasteiger partial charge on any atom is -0.251 e. The van der Waals surface area contributed by atoms with Gasteiger partial charge in [-0.05, 0) is 19.9 Å². The van der Waals surface area contributed by atoms with E-state index in [0.29, 0.717) is 0 Å². The maximum absolute atomic E-state index is 5.03. The molecule has 3 nitrogen and oxygen atoms in total. The van der Waals surface area contributed by atoms with Crippen LogP contribution in [-0.2, 0) is 5.41 Å². The smallest absolute Gasteiger partial charge is 0.159 e. The van der Waals surface area contributed by atoms with Crippen molar-refractivity contribution in [3.63, 3.8) is 0 Å². The quantitative estimate of drug-likeness (QED) is 0.479. The van der Waals surface area contributed by atoms with Crippen LogP contribution in [0.5, 0.6) is 0 Å². The van der Waals surface area contributed by atoms with E-state index in [2.05, 4.69) is 43.1 Å². The summed E-state index contributed by atoms with van der Waals surface area (Å²) < 4.78 is 0. The van der Waals surface area contributed by atoms with E-state index in [1.54, 1.807) is 0 Å². The monoisotopic (exact) mass is 349 g/mol. The van der Waals surface area contributed by atoms with E-state index in [-0.39, 0.29) is 5.41 Å². The van der Waals surface area contributed by atoms with Crippen molar-refractivity contribution in [3.05, 3.63) is 90.4 Å². The molecular formula is C24H19N3. The first-order chi connectivity index (χ1) is 13.1. The summed E-state index contributed by atoms with van der Waals surface area (Å²) in [5, 5.41) is 0. The highest BCUT2D eigenvalue weighted by molar-refractivity contribution is 5.79. The van der Waals surface area contributed by atoms with Gasteiger partial charge in [0, 0.05) is 28.5 Å². The molecule has 0 atom stereocenters. The average Bonchev–Trinajstić information content (AvgIpc) is 2.96. The lowest BCUT2D eigenvalue weighted by atomic mass is 9.89.